The SMILES string of the molecule is Cc1csc(CC(N)c2ccc(Cl)c(F)c2)n1. The van der Waals surface area contributed by atoms with E-state index in [-0.39, 0.29) is 11.1 Å². The summed E-state index contributed by atoms with van der Waals surface area (Å²) in [7, 11) is 0. The van der Waals surface area contributed by atoms with Gasteiger partial charge in [0.15, 0.2) is 0 Å². The number of rotatable bonds is 3. The van der Waals surface area contributed by atoms with E-state index >= 15 is 0 Å². The zero-order chi connectivity index (χ0) is 12.4. The number of benzene rings is 1. The fourth-order valence-corrected chi connectivity index (χ4v) is 2.49. The van der Waals surface area contributed by atoms with Crippen LogP contribution in [0.15, 0.2) is 23.6 Å². The standard InChI is InChI=1S/C12H12ClFN2S/c1-7-6-17-12(16-7)5-11(15)8-2-3-9(13)10(14)4-8/h2-4,6,11H,5,15H2,1H3. The van der Waals surface area contributed by atoms with E-state index in [2.05, 4.69) is 4.98 Å². The molecule has 0 radical (unpaired) electrons. The highest BCUT2D eigenvalue weighted by Crippen LogP contribution is 2.22. The molecule has 0 aliphatic rings. The minimum absolute atomic E-state index is 0.117. The van der Waals surface area contributed by atoms with E-state index in [9.17, 15) is 4.39 Å². The maximum atomic E-state index is 13.3. The van der Waals surface area contributed by atoms with Crippen LogP contribution in [0.2, 0.25) is 5.02 Å². The van der Waals surface area contributed by atoms with Gasteiger partial charge in [0.25, 0.3) is 0 Å². The summed E-state index contributed by atoms with van der Waals surface area (Å²) < 4.78 is 13.3. The first-order chi connectivity index (χ1) is 8.06. The molecule has 0 amide bonds. The van der Waals surface area contributed by atoms with Gasteiger partial charge in [0.2, 0.25) is 0 Å². The molecule has 2 nitrogen and oxygen atoms in total. The molecule has 0 saturated carbocycles. The number of thiazole rings is 1. The van der Waals surface area contributed by atoms with Gasteiger partial charge in [-0.05, 0) is 24.6 Å². The number of aryl methyl sites for hydroxylation is 1. The highest BCUT2D eigenvalue weighted by atomic mass is 35.5. The van der Waals surface area contributed by atoms with Crippen LogP contribution in [0.1, 0.15) is 22.3 Å². The van der Waals surface area contributed by atoms with Crippen LogP contribution < -0.4 is 5.73 Å². The van der Waals surface area contributed by atoms with E-state index in [1.807, 2.05) is 12.3 Å². The first kappa shape index (κ1) is 12.5. The summed E-state index contributed by atoms with van der Waals surface area (Å²) in [4.78, 5) is 4.33. The summed E-state index contributed by atoms with van der Waals surface area (Å²) in [6, 6.07) is 4.40. The molecule has 0 aliphatic heterocycles. The lowest BCUT2D eigenvalue weighted by Gasteiger charge is -2.10. The molecule has 0 aliphatic carbocycles. The fourth-order valence-electron chi connectivity index (χ4n) is 1.55. The molecule has 17 heavy (non-hydrogen) atoms. The van der Waals surface area contributed by atoms with Crippen molar-refractivity contribution in [2.45, 2.75) is 19.4 Å². The van der Waals surface area contributed by atoms with Crippen LogP contribution >= 0.6 is 22.9 Å². The van der Waals surface area contributed by atoms with E-state index in [0.29, 0.717) is 6.42 Å². The zero-order valence-corrected chi connectivity index (χ0v) is 10.9. The van der Waals surface area contributed by atoms with Crippen LogP contribution in [0.4, 0.5) is 4.39 Å². The van der Waals surface area contributed by atoms with Crippen LogP contribution in [0.25, 0.3) is 0 Å². The van der Waals surface area contributed by atoms with Gasteiger partial charge in [-0.3, -0.25) is 0 Å². The van der Waals surface area contributed by atoms with Crippen molar-refractivity contribution in [1.82, 2.24) is 4.98 Å². The predicted molar refractivity (Wildman–Crippen MR) is 68.9 cm³/mol. The second kappa shape index (κ2) is 5.12. The second-order valence-electron chi connectivity index (χ2n) is 3.87. The molecule has 2 aromatic rings. The van der Waals surface area contributed by atoms with Gasteiger partial charge in [-0.1, -0.05) is 17.7 Å². The minimum Gasteiger partial charge on any atom is -0.324 e. The minimum atomic E-state index is -0.435. The van der Waals surface area contributed by atoms with Gasteiger partial charge >= 0.3 is 0 Å². The normalized spacial score (nSPS) is 12.7. The summed E-state index contributed by atoms with van der Waals surface area (Å²) >= 11 is 7.19. The molecule has 90 valence electrons. The van der Waals surface area contributed by atoms with Crippen molar-refractivity contribution < 1.29 is 4.39 Å². The molecule has 1 heterocycles. The summed E-state index contributed by atoms with van der Waals surface area (Å²) in [5.74, 6) is -0.435. The van der Waals surface area contributed by atoms with Gasteiger partial charge in [-0.15, -0.1) is 11.3 Å². The largest absolute Gasteiger partial charge is 0.324 e. The van der Waals surface area contributed by atoms with Gasteiger partial charge < -0.3 is 5.73 Å². The Morgan fingerprint density at radius 2 is 2.29 bits per heavy atom. The number of halogens is 2. The number of nitrogens with two attached hydrogens (primary N) is 1. The highest BCUT2D eigenvalue weighted by molar-refractivity contribution is 7.09. The summed E-state index contributed by atoms with van der Waals surface area (Å²) in [5.41, 5.74) is 7.73. The van der Waals surface area contributed by atoms with Gasteiger partial charge in [-0.25, -0.2) is 9.37 Å². The summed E-state index contributed by atoms with van der Waals surface area (Å²) in [6.45, 7) is 1.94. The summed E-state index contributed by atoms with van der Waals surface area (Å²) in [5, 5.41) is 3.06. The van der Waals surface area contributed by atoms with Crippen molar-refractivity contribution >= 4 is 22.9 Å². The van der Waals surface area contributed by atoms with Crippen LogP contribution in [0, 0.1) is 12.7 Å². The Kier molecular flexibility index (Phi) is 3.76. The molecule has 1 aromatic carbocycles. The van der Waals surface area contributed by atoms with Gasteiger partial charge in [0.05, 0.1) is 10.0 Å². The zero-order valence-electron chi connectivity index (χ0n) is 9.28. The van der Waals surface area contributed by atoms with Gasteiger partial charge in [0.1, 0.15) is 5.82 Å². The molecule has 5 heteroatoms. The quantitative estimate of drug-likeness (QED) is 0.927. The Balaban J connectivity index is 2.14. The van der Waals surface area contributed by atoms with E-state index in [0.717, 1.165) is 16.3 Å². The Morgan fingerprint density at radius 1 is 1.53 bits per heavy atom. The van der Waals surface area contributed by atoms with Crippen molar-refractivity contribution in [2.24, 2.45) is 5.73 Å². The Hall–Kier alpha value is -0.970. The van der Waals surface area contributed by atoms with Crippen molar-refractivity contribution in [1.29, 1.82) is 0 Å². The molecule has 1 atom stereocenters. The molecular weight excluding hydrogens is 259 g/mol. The predicted octanol–water partition coefficient (Wildman–Crippen LogP) is 3.49. The number of hydrogen-bond acceptors (Lipinski definition) is 3. The van der Waals surface area contributed by atoms with Crippen LogP contribution in [0.5, 0.6) is 0 Å². The fraction of sp³-hybridized carbons (Fsp3) is 0.250. The van der Waals surface area contributed by atoms with Crippen molar-refractivity contribution in [3.63, 3.8) is 0 Å². The second-order valence-corrected chi connectivity index (χ2v) is 5.22. The van der Waals surface area contributed by atoms with Crippen molar-refractivity contribution in [3.8, 4) is 0 Å². The Labute approximate surface area is 108 Å². The van der Waals surface area contributed by atoms with Crippen LogP contribution in [0.3, 0.4) is 0 Å². The molecule has 0 spiro atoms. The van der Waals surface area contributed by atoms with Gasteiger partial charge in [0, 0.05) is 23.5 Å². The van der Waals surface area contributed by atoms with Gasteiger partial charge in [-0.2, -0.15) is 0 Å². The molecule has 1 aromatic heterocycles. The van der Waals surface area contributed by atoms with Crippen LogP contribution in [-0.2, 0) is 6.42 Å². The maximum absolute atomic E-state index is 13.3. The monoisotopic (exact) mass is 270 g/mol. The Morgan fingerprint density at radius 3 is 2.88 bits per heavy atom. The lowest BCUT2D eigenvalue weighted by molar-refractivity contribution is 0.619. The maximum Gasteiger partial charge on any atom is 0.142 e. The van der Waals surface area contributed by atoms with Crippen molar-refractivity contribution in [2.75, 3.05) is 0 Å². The molecule has 0 fully saturated rings. The third kappa shape index (κ3) is 3.03. The third-order valence-corrected chi connectivity index (χ3v) is 3.73. The van der Waals surface area contributed by atoms with E-state index < -0.39 is 5.82 Å². The third-order valence-electron chi connectivity index (χ3n) is 2.43. The summed E-state index contributed by atoms with van der Waals surface area (Å²) in [6.07, 6.45) is 0.611. The Bertz CT molecular complexity index is 527. The van der Waals surface area contributed by atoms with E-state index in [4.69, 9.17) is 17.3 Å². The van der Waals surface area contributed by atoms with E-state index in [1.165, 1.54) is 12.1 Å². The first-order valence-corrected chi connectivity index (χ1v) is 6.43. The average Bonchev–Trinajstić information content (AvgIpc) is 2.68. The van der Waals surface area contributed by atoms with E-state index in [1.54, 1.807) is 17.4 Å². The molecule has 0 saturated heterocycles. The molecule has 1 unspecified atom stereocenters. The number of aromatic nitrogens is 1. The number of nitrogens with zero attached hydrogens (tertiary/aromatic N) is 1. The topological polar surface area (TPSA) is 38.9 Å². The lowest BCUT2D eigenvalue weighted by Crippen LogP contribution is -2.13. The smallest absolute Gasteiger partial charge is 0.142 e. The van der Waals surface area contributed by atoms with Crippen molar-refractivity contribution in [3.05, 3.63) is 50.7 Å². The molecule has 0 bridgehead atoms. The lowest BCUT2D eigenvalue weighted by atomic mass is 10.1. The molecular formula is C12H12ClFN2S. The number of hydrogen-bond donors (Lipinski definition) is 1. The highest BCUT2D eigenvalue weighted by Gasteiger charge is 2.11. The molecule has 2 rings (SSSR count). The first-order valence-electron chi connectivity index (χ1n) is 5.18. The van der Waals surface area contributed by atoms with Crippen LogP contribution in [-0.4, -0.2) is 4.98 Å². The molecule has 2 N–H and O–H groups in total. The average molecular weight is 271 g/mol.